The van der Waals surface area contributed by atoms with E-state index in [0.29, 0.717) is 31.2 Å². The zero-order valence-corrected chi connectivity index (χ0v) is 14.4. The van der Waals surface area contributed by atoms with Crippen molar-refractivity contribution in [3.8, 4) is 17.6 Å². The fourth-order valence-electron chi connectivity index (χ4n) is 2.94. The molecule has 3 rings (SSSR count). The Bertz CT molecular complexity index is 737. The molecule has 0 saturated heterocycles. The van der Waals surface area contributed by atoms with E-state index in [0.717, 1.165) is 43.1 Å². The molecule has 1 aromatic carbocycles. The predicted molar refractivity (Wildman–Crippen MR) is 92.3 cm³/mol. The molecule has 0 unspecified atom stereocenters. The van der Waals surface area contributed by atoms with E-state index in [1.54, 1.807) is 13.4 Å². The fraction of sp³-hybridized carbons (Fsp3) is 0.500. The molecule has 1 N–H and O–H groups in total. The van der Waals surface area contributed by atoms with Crippen LogP contribution in [0, 0.1) is 11.3 Å². The number of nitrogens with one attached hydrogen (secondary N) is 1. The summed E-state index contributed by atoms with van der Waals surface area (Å²) >= 11 is 0. The van der Waals surface area contributed by atoms with Crippen molar-refractivity contribution in [2.75, 3.05) is 13.7 Å². The van der Waals surface area contributed by atoms with Crippen molar-refractivity contribution in [3.05, 3.63) is 35.9 Å². The summed E-state index contributed by atoms with van der Waals surface area (Å²) in [4.78, 5) is 4.26. The van der Waals surface area contributed by atoms with Crippen molar-refractivity contribution >= 4 is 0 Å². The molecule has 1 aromatic heterocycles. The van der Waals surface area contributed by atoms with Gasteiger partial charge in [-0.25, -0.2) is 9.67 Å². The van der Waals surface area contributed by atoms with Crippen molar-refractivity contribution in [3.63, 3.8) is 0 Å². The first-order valence-electron chi connectivity index (χ1n) is 8.57. The second kappa shape index (κ2) is 8.49. The Morgan fingerprint density at radius 3 is 3.16 bits per heavy atom. The Morgan fingerprint density at radius 2 is 2.32 bits per heavy atom. The highest BCUT2D eigenvalue weighted by atomic mass is 16.5. The molecular formula is C18H23N5O2. The maximum absolute atomic E-state index is 8.60. The molecule has 0 aliphatic carbocycles. The van der Waals surface area contributed by atoms with Crippen LogP contribution in [-0.2, 0) is 19.5 Å². The molecule has 0 fully saturated rings. The van der Waals surface area contributed by atoms with Crippen molar-refractivity contribution < 1.29 is 9.47 Å². The van der Waals surface area contributed by atoms with Gasteiger partial charge >= 0.3 is 0 Å². The lowest BCUT2D eigenvalue weighted by molar-refractivity contribution is 0.290. The van der Waals surface area contributed by atoms with E-state index in [9.17, 15) is 0 Å². The van der Waals surface area contributed by atoms with E-state index in [-0.39, 0.29) is 0 Å². The van der Waals surface area contributed by atoms with Gasteiger partial charge in [-0.1, -0.05) is 6.07 Å². The van der Waals surface area contributed by atoms with Crippen LogP contribution in [0.5, 0.6) is 11.5 Å². The number of rotatable bonds is 8. The van der Waals surface area contributed by atoms with Gasteiger partial charge in [-0.3, -0.25) is 0 Å². The maximum atomic E-state index is 8.60. The van der Waals surface area contributed by atoms with E-state index in [1.165, 1.54) is 0 Å². The Morgan fingerprint density at radius 1 is 1.40 bits per heavy atom. The third kappa shape index (κ3) is 4.48. The third-order valence-electron chi connectivity index (χ3n) is 4.32. The van der Waals surface area contributed by atoms with Crippen molar-refractivity contribution in [1.29, 1.82) is 5.26 Å². The highest BCUT2D eigenvalue weighted by Crippen LogP contribution is 2.28. The first-order valence-corrected chi connectivity index (χ1v) is 8.57. The van der Waals surface area contributed by atoms with Crippen LogP contribution >= 0.6 is 0 Å². The molecule has 0 amide bonds. The first kappa shape index (κ1) is 17.2. The van der Waals surface area contributed by atoms with Crippen LogP contribution < -0.4 is 14.8 Å². The van der Waals surface area contributed by atoms with Crippen LogP contribution in [0.25, 0.3) is 0 Å². The number of fused-ring (bicyclic) bond motifs is 1. The smallest absolute Gasteiger partial charge is 0.161 e. The fourth-order valence-corrected chi connectivity index (χ4v) is 2.94. The molecule has 1 atom stereocenters. The lowest BCUT2D eigenvalue weighted by atomic mass is 10.1. The number of unbranched alkanes of at least 4 members (excludes halogenated alkanes) is 1. The number of ether oxygens (including phenoxy) is 2. The number of aromatic nitrogens is 3. The van der Waals surface area contributed by atoms with Gasteiger partial charge in [0.15, 0.2) is 11.5 Å². The molecule has 0 radical (unpaired) electrons. The number of nitriles is 1. The van der Waals surface area contributed by atoms with E-state index in [1.807, 2.05) is 22.9 Å². The number of nitrogens with zero attached hydrogens (tertiary/aromatic N) is 4. The molecular weight excluding hydrogens is 318 g/mol. The minimum atomic E-state index is 0.385. The topological polar surface area (TPSA) is 85.0 Å². The molecule has 132 valence electrons. The second-order valence-electron chi connectivity index (χ2n) is 6.07. The van der Waals surface area contributed by atoms with Crippen LogP contribution in [0.3, 0.4) is 0 Å². The van der Waals surface area contributed by atoms with Crippen LogP contribution in [0.2, 0.25) is 0 Å². The zero-order valence-electron chi connectivity index (χ0n) is 14.4. The summed E-state index contributed by atoms with van der Waals surface area (Å²) in [6, 6.07) is 8.47. The molecule has 1 aliphatic rings. The summed E-state index contributed by atoms with van der Waals surface area (Å²) in [5.74, 6) is 2.50. The third-order valence-corrected chi connectivity index (χ3v) is 4.32. The molecule has 25 heavy (non-hydrogen) atoms. The summed E-state index contributed by atoms with van der Waals surface area (Å²) < 4.78 is 13.1. The monoisotopic (exact) mass is 341 g/mol. The maximum Gasteiger partial charge on any atom is 0.161 e. The molecule has 7 nitrogen and oxygen atoms in total. The summed E-state index contributed by atoms with van der Waals surface area (Å²) in [6.07, 6.45) is 4.84. The Hall–Kier alpha value is -2.59. The van der Waals surface area contributed by atoms with E-state index in [4.69, 9.17) is 14.7 Å². The van der Waals surface area contributed by atoms with Gasteiger partial charge in [0.05, 0.1) is 26.3 Å². The molecule has 1 aliphatic heterocycles. The Kier molecular flexibility index (Phi) is 5.86. The van der Waals surface area contributed by atoms with Crippen LogP contribution in [0.1, 0.15) is 30.7 Å². The molecule has 7 heteroatoms. The van der Waals surface area contributed by atoms with Crippen molar-refractivity contribution in [2.24, 2.45) is 0 Å². The van der Waals surface area contributed by atoms with Crippen LogP contribution in [0.15, 0.2) is 24.5 Å². The van der Waals surface area contributed by atoms with Gasteiger partial charge in [-0.15, -0.1) is 0 Å². The van der Waals surface area contributed by atoms with Gasteiger partial charge in [0.1, 0.15) is 12.2 Å². The average Bonchev–Trinajstić information content (AvgIpc) is 3.11. The van der Waals surface area contributed by atoms with Gasteiger partial charge < -0.3 is 14.8 Å². The molecule has 2 aromatic rings. The normalized spacial score (nSPS) is 16.1. The van der Waals surface area contributed by atoms with E-state index >= 15 is 0 Å². The average molecular weight is 341 g/mol. The number of benzene rings is 1. The van der Waals surface area contributed by atoms with Gasteiger partial charge in [0.2, 0.25) is 0 Å². The Balaban J connectivity index is 1.56. The zero-order chi connectivity index (χ0) is 17.5. The molecule has 0 bridgehead atoms. The molecule has 0 spiro atoms. The highest BCUT2D eigenvalue weighted by Gasteiger charge is 2.19. The minimum absolute atomic E-state index is 0.385. The highest BCUT2D eigenvalue weighted by molar-refractivity contribution is 5.43. The molecule has 2 heterocycles. The predicted octanol–water partition coefficient (Wildman–Crippen LogP) is 2.07. The number of methoxy groups -OCH3 is 1. The van der Waals surface area contributed by atoms with Crippen LogP contribution in [-0.4, -0.2) is 34.5 Å². The second-order valence-corrected chi connectivity index (χ2v) is 6.07. The number of hydrogen-bond donors (Lipinski definition) is 1. The van der Waals surface area contributed by atoms with Gasteiger partial charge in [-0.2, -0.15) is 10.4 Å². The van der Waals surface area contributed by atoms with Crippen LogP contribution in [0.4, 0.5) is 0 Å². The standard InChI is InChI=1S/C18H23N5O2/c1-24-16-6-4-14(10-17(16)25-9-3-2-8-19)11-20-15-5-7-18-21-13-22-23(18)12-15/h4,6,10,13,15,20H,2-3,5,7,9,11-12H2,1H3/t15-/m1/s1. The summed E-state index contributed by atoms with van der Waals surface area (Å²) in [5.41, 5.74) is 1.14. The number of aryl methyl sites for hydroxylation is 1. The lowest BCUT2D eigenvalue weighted by Crippen LogP contribution is -2.37. The van der Waals surface area contributed by atoms with Gasteiger partial charge in [0.25, 0.3) is 0 Å². The Labute approximate surface area is 147 Å². The van der Waals surface area contributed by atoms with Gasteiger partial charge in [-0.05, 0) is 30.5 Å². The van der Waals surface area contributed by atoms with Crippen molar-refractivity contribution in [2.45, 2.75) is 44.8 Å². The minimum Gasteiger partial charge on any atom is -0.493 e. The van der Waals surface area contributed by atoms with Gasteiger partial charge in [0, 0.05) is 25.4 Å². The number of hydrogen-bond acceptors (Lipinski definition) is 6. The lowest BCUT2D eigenvalue weighted by Gasteiger charge is -2.24. The van der Waals surface area contributed by atoms with E-state index in [2.05, 4.69) is 21.5 Å². The summed E-state index contributed by atoms with van der Waals surface area (Å²) in [5, 5.41) is 16.4. The SMILES string of the molecule is COc1ccc(CN[C@@H]2CCc3ncnn3C2)cc1OCCCC#N. The van der Waals surface area contributed by atoms with Crippen molar-refractivity contribution in [1.82, 2.24) is 20.1 Å². The quantitative estimate of drug-likeness (QED) is 0.740. The largest absolute Gasteiger partial charge is 0.493 e. The summed E-state index contributed by atoms with van der Waals surface area (Å²) in [6.45, 7) is 2.12. The summed E-state index contributed by atoms with van der Waals surface area (Å²) in [7, 11) is 1.63. The first-order chi connectivity index (χ1) is 12.3. The van der Waals surface area contributed by atoms with E-state index < -0.39 is 0 Å². The molecule has 0 saturated carbocycles.